The summed E-state index contributed by atoms with van der Waals surface area (Å²) in [5.41, 5.74) is 2.62. The molecule has 0 atom stereocenters. The Bertz CT molecular complexity index is 511. The zero-order valence-corrected chi connectivity index (χ0v) is 13.9. The highest BCUT2D eigenvalue weighted by Crippen LogP contribution is 2.25. The van der Waals surface area contributed by atoms with Crippen molar-refractivity contribution in [3.05, 3.63) is 27.7 Å². The molecule has 116 valence electrons. The molecule has 0 unspecified atom stereocenters. The van der Waals surface area contributed by atoms with Crippen LogP contribution in [-0.4, -0.2) is 48.8 Å². The Morgan fingerprint density at radius 1 is 1.33 bits per heavy atom. The predicted molar refractivity (Wildman–Crippen MR) is 83.7 cm³/mol. The van der Waals surface area contributed by atoms with Gasteiger partial charge >= 0.3 is 12.0 Å². The average molecular weight is 359 g/mol. The second-order valence-electron chi connectivity index (χ2n) is 4.66. The van der Waals surface area contributed by atoms with E-state index in [1.165, 1.54) is 12.0 Å². The Kier molecular flexibility index (Phi) is 6.64. The van der Waals surface area contributed by atoms with Gasteiger partial charge in [-0.05, 0) is 37.1 Å². The first kappa shape index (κ1) is 17.5. The first-order valence-electron chi connectivity index (χ1n) is 6.38. The summed E-state index contributed by atoms with van der Waals surface area (Å²) in [6.07, 6.45) is 0. The highest BCUT2D eigenvalue weighted by atomic mass is 79.9. The van der Waals surface area contributed by atoms with E-state index in [4.69, 9.17) is 9.84 Å². The fourth-order valence-corrected chi connectivity index (χ4v) is 2.07. The molecule has 6 nitrogen and oxygen atoms in total. The van der Waals surface area contributed by atoms with E-state index in [0.717, 1.165) is 15.6 Å². The van der Waals surface area contributed by atoms with E-state index in [0.29, 0.717) is 5.69 Å². The van der Waals surface area contributed by atoms with Gasteiger partial charge in [0.05, 0.1) is 6.61 Å². The van der Waals surface area contributed by atoms with Gasteiger partial charge < -0.3 is 20.1 Å². The Morgan fingerprint density at radius 3 is 2.38 bits per heavy atom. The number of urea groups is 1. The first-order valence-corrected chi connectivity index (χ1v) is 7.18. The number of halogens is 1. The van der Waals surface area contributed by atoms with Crippen molar-refractivity contribution in [2.45, 2.75) is 13.8 Å². The van der Waals surface area contributed by atoms with Crippen LogP contribution in [0.2, 0.25) is 0 Å². The molecule has 0 aliphatic rings. The van der Waals surface area contributed by atoms with Gasteiger partial charge in [-0.15, -0.1) is 0 Å². The number of aryl methyl sites for hydroxylation is 2. The number of benzene rings is 1. The van der Waals surface area contributed by atoms with E-state index >= 15 is 0 Å². The number of hydrogen-bond donors (Lipinski definition) is 2. The van der Waals surface area contributed by atoms with Crippen molar-refractivity contribution in [3.63, 3.8) is 0 Å². The quantitative estimate of drug-likeness (QED) is 0.819. The van der Waals surface area contributed by atoms with Gasteiger partial charge in [-0.1, -0.05) is 15.9 Å². The number of amides is 2. The lowest BCUT2D eigenvalue weighted by Crippen LogP contribution is -2.40. The SMILES string of the molecule is COCCN(CC(=O)O)C(=O)Nc1cc(C)c(Br)c(C)c1. The maximum atomic E-state index is 12.1. The van der Waals surface area contributed by atoms with Crippen molar-refractivity contribution >= 4 is 33.6 Å². The number of nitrogens with one attached hydrogen (secondary N) is 1. The van der Waals surface area contributed by atoms with Gasteiger partial charge in [0.15, 0.2) is 0 Å². The first-order chi connectivity index (χ1) is 9.85. The molecule has 21 heavy (non-hydrogen) atoms. The normalized spacial score (nSPS) is 10.3. The summed E-state index contributed by atoms with van der Waals surface area (Å²) < 4.78 is 5.88. The van der Waals surface area contributed by atoms with Crippen molar-refractivity contribution in [1.82, 2.24) is 4.90 Å². The van der Waals surface area contributed by atoms with E-state index in [1.807, 2.05) is 26.0 Å². The summed E-state index contributed by atoms with van der Waals surface area (Å²) in [7, 11) is 1.50. The Morgan fingerprint density at radius 2 is 1.90 bits per heavy atom. The van der Waals surface area contributed by atoms with Crippen molar-refractivity contribution in [1.29, 1.82) is 0 Å². The summed E-state index contributed by atoms with van der Waals surface area (Å²) in [6, 6.07) is 3.18. The number of carbonyl (C=O) groups excluding carboxylic acids is 1. The summed E-state index contributed by atoms with van der Waals surface area (Å²) in [4.78, 5) is 24.2. The van der Waals surface area contributed by atoms with Gasteiger partial charge in [-0.3, -0.25) is 4.79 Å². The van der Waals surface area contributed by atoms with E-state index < -0.39 is 12.0 Å². The fraction of sp³-hybridized carbons (Fsp3) is 0.429. The molecule has 0 bridgehead atoms. The topological polar surface area (TPSA) is 78.9 Å². The van der Waals surface area contributed by atoms with Crippen molar-refractivity contribution < 1.29 is 19.4 Å². The van der Waals surface area contributed by atoms with Crippen LogP contribution in [0.1, 0.15) is 11.1 Å². The van der Waals surface area contributed by atoms with Crippen LogP contribution in [0.5, 0.6) is 0 Å². The summed E-state index contributed by atoms with van der Waals surface area (Å²) >= 11 is 3.46. The lowest BCUT2D eigenvalue weighted by molar-refractivity contribution is -0.137. The number of carbonyl (C=O) groups is 2. The fourth-order valence-electron chi connectivity index (χ4n) is 1.84. The van der Waals surface area contributed by atoms with E-state index in [-0.39, 0.29) is 19.7 Å². The highest BCUT2D eigenvalue weighted by Gasteiger charge is 2.17. The van der Waals surface area contributed by atoms with Crippen LogP contribution in [-0.2, 0) is 9.53 Å². The highest BCUT2D eigenvalue weighted by molar-refractivity contribution is 9.10. The Balaban J connectivity index is 2.82. The van der Waals surface area contributed by atoms with Gasteiger partial charge in [0, 0.05) is 23.8 Å². The molecular weight excluding hydrogens is 340 g/mol. The zero-order chi connectivity index (χ0) is 16.0. The van der Waals surface area contributed by atoms with Crippen LogP contribution >= 0.6 is 15.9 Å². The summed E-state index contributed by atoms with van der Waals surface area (Å²) in [5, 5.41) is 11.6. The number of nitrogens with zero attached hydrogens (tertiary/aromatic N) is 1. The van der Waals surface area contributed by atoms with Gasteiger partial charge in [-0.2, -0.15) is 0 Å². The molecule has 1 rings (SSSR count). The third-order valence-corrected chi connectivity index (χ3v) is 4.12. The average Bonchev–Trinajstić information content (AvgIpc) is 2.40. The van der Waals surface area contributed by atoms with Crippen LogP contribution in [0.15, 0.2) is 16.6 Å². The van der Waals surface area contributed by atoms with Crippen LogP contribution in [0.3, 0.4) is 0 Å². The van der Waals surface area contributed by atoms with E-state index in [9.17, 15) is 9.59 Å². The number of carboxylic acid groups (broad SMARTS) is 1. The van der Waals surface area contributed by atoms with Gasteiger partial charge in [0.25, 0.3) is 0 Å². The Hall–Kier alpha value is -1.60. The number of rotatable bonds is 6. The lowest BCUT2D eigenvalue weighted by atomic mass is 10.1. The molecule has 0 aliphatic heterocycles. The summed E-state index contributed by atoms with van der Waals surface area (Å²) in [5.74, 6) is -1.07. The molecule has 1 aromatic carbocycles. The van der Waals surface area contributed by atoms with Gasteiger partial charge in [0.2, 0.25) is 0 Å². The maximum absolute atomic E-state index is 12.1. The van der Waals surface area contributed by atoms with Crippen LogP contribution in [0, 0.1) is 13.8 Å². The third kappa shape index (κ3) is 5.35. The standard InChI is InChI=1S/C14H19BrN2O4/c1-9-6-11(7-10(2)13(9)15)16-14(20)17(4-5-21-3)8-12(18)19/h6-7H,4-5,8H2,1-3H3,(H,16,20)(H,18,19). The monoisotopic (exact) mass is 358 g/mol. The second-order valence-corrected chi connectivity index (χ2v) is 5.46. The molecule has 0 spiro atoms. The van der Waals surface area contributed by atoms with E-state index in [2.05, 4.69) is 21.2 Å². The Labute approximate surface area is 132 Å². The molecule has 0 radical (unpaired) electrons. The van der Waals surface area contributed by atoms with Crippen molar-refractivity contribution in [2.24, 2.45) is 0 Å². The van der Waals surface area contributed by atoms with Crippen molar-refractivity contribution in [3.8, 4) is 0 Å². The maximum Gasteiger partial charge on any atom is 0.323 e. The number of methoxy groups -OCH3 is 1. The second kappa shape index (κ2) is 7.99. The molecule has 0 saturated carbocycles. The molecule has 0 aliphatic carbocycles. The molecule has 0 saturated heterocycles. The smallest absolute Gasteiger partial charge is 0.323 e. The molecule has 2 amide bonds. The van der Waals surface area contributed by atoms with Crippen LogP contribution in [0.4, 0.5) is 10.5 Å². The predicted octanol–water partition coefficient (Wildman–Crippen LogP) is 2.63. The molecule has 0 fully saturated rings. The van der Waals surface area contributed by atoms with Crippen molar-refractivity contribution in [2.75, 3.05) is 32.1 Å². The minimum Gasteiger partial charge on any atom is -0.480 e. The van der Waals surface area contributed by atoms with Crippen LogP contribution < -0.4 is 5.32 Å². The van der Waals surface area contributed by atoms with Gasteiger partial charge in [0.1, 0.15) is 6.54 Å². The molecule has 0 aromatic heterocycles. The number of hydrogen-bond acceptors (Lipinski definition) is 3. The molecule has 1 aromatic rings. The number of aliphatic carboxylic acids is 1. The minimum absolute atomic E-state index is 0.211. The molecule has 2 N–H and O–H groups in total. The zero-order valence-electron chi connectivity index (χ0n) is 12.3. The number of anilines is 1. The van der Waals surface area contributed by atoms with Crippen LogP contribution in [0.25, 0.3) is 0 Å². The number of carboxylic acids is 1. The summed E-state index contributed by atoms with van der Waals surface area (Å²) in [6.45, 7) is 3.96. The van der Waals surface area contributed by atoms with E-state index in [1.54, 1.807) is 0 Å². The number of ether oxygens (including phenoxy) is 1. The molecule has 7 heteroatoms. The molecular formula is C14H19BrN2O4. The lowest BCUT2D eigenvalue weighted by Gasteiger charge is -2.21. The van der Waals surface area contributed by atoms with Gasteiger partial charge in [-0.25, -0.2) is 4.79 Å². The largest absolute Gasteiger partial charge is 0.480 e. The third-order valence-electron chi connectivity index (χ3n) is 2.87. The molecule has 0 heterocycles. The minimum atomic E-state index is -1.07.